The normalized spacial score (nSPS) is 34.2. The van der Waals surface area contributed by atoms with E-state index in [0.717, 1.165) is 13.0 Å². The molecule has 1 saturated carbocycles. The number of rotatable bonds is 0. The van der Waals surface area contributed by atoms with Crippen LogP contribution in [0.15, 0.2) is 24.3 Å². The number of fused-ring (bicyclic) bond motifs is 3. The molecule has 13 heavy (non-hydrogen) atoms. The van der Waals surface area contributed by atoms with Crippen molar-refractivity contribution in [1.29, 1.82) is 5.26 Å². The highest BCUT2D eigenvalue weighted by Gasteiger charge is 2.58. The summed E-state index contributed by atoms with van der Waals surface area (Å²) in [6.07, 6.45) is 0.987. The van der Waals surface area contributed by atoms with Gasteiger partial charge in [0.1, 0.15) is 5.54 Å². The lowest BCUT2D eigenvalue weighted by atomic mass is 9.97. The van der Waals surface area contributed by atoms with Gasteiger partial charge in [-0.15, -0.1) is 0 Å². The molecule has 1 aromatic rings. The summed E-state index contributed by atoms with van der Waals surface area (Å²) in [5.41, 5.74) is 2.52. The average molecular weight is 170 g/mol. The molecule has 0 bridgehead atoms. The summed E-state index contributed by atoms with van der Waals surface area (Å²) in [7, 11) is 0. The standard InChI is InChI=1S/C11H10N2/c12-7-11-5-10(11)9-4-2-1-3-8(9)6-13-11/h1-4,10,13H,5-6H2. The molecule has 0 saturated heterocycles. The zero-order chi connectivity index (χ0) is 8.89. The van der Waals surface area contributed by atoms with E-state index >= 15 is 0 Å². The summed E-state index contributed by atoms with van der Waals surface area (Å²) in [5.74, 6) is 0.447. The summed E-state index contributed by atoms with van der Waals surface area (Å²) in [5, 5.41) is 12.3. The fourth-order valence-corrected chi connectivity index (χ4v) is 2.29. The molecule has 0 radical (unpaired) electrons. The molecule has 2 nitrogen and oxygen atoms in total. The van der Waals surface area contributed by atoms with Crippen molar-refractivity contribution in [1.82, 2.24) is 5.32 Å². The number of nitrogens with one attached hydrogen (secondary N) is 1. The maximum Gasteiger partial charge on any atom is 0.114 e. The van der Waals surface area contributed by atoms with Gasteiger partial charge < -0.3 is 0 Å². The Morgan fingerprint density at radius 1 is 1.46 bits per heavy atom. The topological polar surface area (TPSA) is 35.8 Å². The van der Waals surface area contributed by atoms with Crippen molar-refractivity contribution in [2.75, 3.05) is 0 Å². The van der Waals surface area contributed by atoms with Crippen molar-refractivity contribution in [2.45, 2.75) is 24.4 Å². The molecule has 2 unspecified atom stereocenters. The molecule has 1 heterocycles. The van der Waals surface area contributed by atoms with Crippen molar-refractivity contribution >= 4 is 0 Å². The predicted molar refractivity (Wildman–Crippen MR) is 49.0 cm³/mol. The van der Waals surface area contributed by atoms with Crippen LogP contribution < -0.4 is 5.32 Å². The van der Waals surface area contributed by atoms with Gasteiger partial charge in [-0.2, -0.15) is 5.26 Å². The van der Waals surface area contributed by atoms with E-state index in [2.05, 4.69) is 35.7 Å². The Balaban J connectivity index is 2.10. The molecule has 0 amide bonds. The van der Waals surface area contributed by atoms with Crippen molar-refractivity contribution in [3.05, 3.63) is 35.4 Å². The molecular formula is C11H10N2. The highest BCUT2D eigenvalue weighted by Crippen LogP contribution is 2.54. The lowest BCUT2D eigenvalue weighted by Crippen LogP contribution is -2.34. The molecule has 0 spiro atoms. The van der Waals surface area contributed by atoms with Gasteiger partial charge in [-0.3, -0.25) is 5.32 Å². The lowest BCUT2D eigenvalue weighted by molar-refractivity contribution is 0.554. The molecule has 0 aromatic heterocycles. The Labute approximate surface area is 77.2 Å². The first kappa shape index (κ1) is 7.11. The Bertz CT molecular complexity index is 405. The summed E-state index contributed by atoms with van der Waals surface area (Å²) >= 11 is 0. The summed E-state index contributed by atoms with van der Waals surface area (Å²) in [6.45, 7) is 0.847. The van der Waals surface area contributed by atoms with Gasteiger partial charge in [0, 0.05) is 12.5 Å². The van der Waals surface area contributed by atoms with Crippen molar-refractivity contribution < 1.29 is 0 Å². The van der Waals surface area contributed by atoms with Crippen molar-refractivity contribution in [3.8, 4) is 6.07 Å². The molecule has 1 aromatic carbocycles. The summed E-state index contributed by atoms with van der Waals surface area (Å²) in [6, 6.07) is 10.8. The molecule has 1 aliphatic heterocycles. The minimum atomic E-state index is -0.214. The Morgan fingerprint density at radius 2 is 2.31 bits per heavy atom. The van der Waals surface area contributed by atoms with E-state index < -0.39 is 0 Å². The van der Waals surface area contributed by atoms with E-state index in [9.17, 15) is 0 Å². The number of nitrogens with zero attached hydrogens (tertiary/aromatic N) is 1. The predicted octanol–water partition coefficient (Wildman–Crippen LogP) is 1.54. The van der Waals surface area contributed by atoms with Crippen LogP contribution in [0.4, 0.5) is 0 Å². The minimum absolute atomic E-state index is 0.214. The molecule has 1 aliphatic carbocycles. The summed E-state index contributed by atoms with van der Waals surface area (Å²) in [4.78, 5) is 0. The van der Waals surface area contributed by atoms with E-state index in [4.69, 9.17) is 5.26 Å². The van der Waals surface area contributed by atoms with Gasteiger partial charge >= 0.3 is 0 Å². The van der Waals surface area contributed by atoms with Crippen molar-refractivity contribution in [2.24, 2.45) is 0 Å². The second kappa shape index (κ2) is 2.12. The van der Waals surface area contributed by atoms with Gasteiger partial charge in [0.2, 0.25) is 0 Å². The maximum absolute atomic E-state index is 9.01. The first-order valence-corrected chi connectivity index (χ1v) is 4.60. The lowest BCUT2D eigenvalue weighted by Gasteiger charge is -2.20. The van der Waals surface area contributed by atoms with Gasteiger partial charge in [0.25, 0.3) is 0 Å². The van der Waals surface area contributed by atoms with Gasteiger partial charge in [-0.05, 0) is 17.5 Å². The van der Waals surface area contributed by atoms with Crippen LogP contribution in [0.2, 0.25) is 0 Å². The monoisotopic (exact) mass is 170 g/mol. The molecule has 1 fully saturated rings. The van der Waals surface area contributed by atoms with Gasteiger partial charge in [-0.1, -0.05) is 24.3 Å². The molecule has 2 aliphatic rings. The first-order valence-electron chi connectivity index (χ1n) is 4.60. The highest BCUT2D eigenvalue weighted by molar-refractivity contribution is 5.47. The van der Waals surface area contributed by atoms with Crippen LogP contribution in [0.3, 0.4) is 0 Å². The third-order valence-corrected chi connectivity index (χ3v) is 3.19. The van der Waals surface area contributed by atoms with Gasteiger partial charge in [0.15, 0.2) is 0 Å². The van der Waals surface area contributed by atoms with E-state index in [-0.39, 0.29) is 5.54 Å². The van der Waals surface area contributed by atoms with Gasteiger partial charge in [0.05, 0.1) is 6.07 Å². The van der Waals surface area contributed by atoms with E-state index in [1.807, 2.05) is 0 Å². The zero-order valence-electron chi connectivity index (χ0n) is 7.25. The average Bonchev–Trinajstić information content (AvgIpc) is 2.93. The Hall–Kier alpha value is -1.33. The summed E-state index contributed by atoms with van der Waals surface area (Å²) < 4.78 is 0. The third kappa shape index (κ3) is 0.800. The number of nitriles is 1. The quantitative estimate of drug-likeness (QED) is 0.641. The van der Waals surface area contributed by atoms with Crippen LogP contribution in [0.25, 0.3) is 0 Å². The SMILES string of the molecule is N#CC12CC1c1ccccc1CN2. The zero-order valence-corrected chi connectivity index (χ0v) is 7.25. The number of hydrogen-bond acceptors (Lipinski definition) is 2. The van der Waals surface area contributed by atoms with Crippen molar-refractivity contribution in [3.63, 3.8) is 0 Å². The second-order valence-electron chi connectivity index (χ2n) is 3.89. The molecule has 2 heteroatoms. The largest absolute Gasteiger partial charge is 0.295 e. The Morgan fingerprint density at radius 3 is 3.15 bits per heavy atom. The van der Waals surface area contributed by atoms with Crippen LogP contribution in [-0.4, -0.2) is 5.54 Å². The molecule has 2 atom stereocenters. The van der Waals surface area contributed by atoms with Gasteiger partial charge in [-0.25, -0.2) is 0 Å². The molecular weight excluding hydrogens is 160 g/mol. The van der Waals surface area contributed by atoms with E-state index in [1.165, 1.54) is 11.1 Å². The minimum Gasteiger partial charge on any atom is -0.295 e. The van der Waals surface area contributed by atoms with Crippen LogP contribution >= 0.6 is 0 Å². The number of benzene rings is 1. The first-order chi connectivity index (χ1) is 6.36. The Kier molecular flexibility index (Phi) is 1.16. The third-order valence-electron chi connectivity index (χ3n) is 3.19. The van der Waals surface area contributed by atoms with Crippen LogP contribution in [0.1, 0.15) is 23.5 Å². The van der Waals surface area contributed by atoms with Crippen LogP contribution in [0, 0.1) is 11.3 Å². The fourth-order valence-electron chi connectivity index (χ4n) is 2.29. The van der Waals surface area contributed by atoms with Crippen LogP contribution in [-0.2, 0) is 6.54 Å². The van der Waals surface area contributed by atoms with E-state index in [1.54, 1.807) is 0 Å². The smallest absolute Gasteiger partial charge is 0.114 e. The molecule has 64 valence electrons. The van der Waals surface area contributed by atoms with E-state index in [0.29, 0.717) is 5.92 Å². The maximum atomic E-state index is 9.01. The molecule has 1 N–H and O–H groups in total. The second-order valence-corrected chi connectivity index (χ2v) is 3.89. The number of hydrogen-bond donors (Lipinski definition) is 1. The highest BCUT2D eigenvalue weighted by atomic mass is 15.1. The van der Waals surface area contributed by atoms with Crippen LogP contribution in [0.5, 0.6) is 0 Å². The fraction of sp³-hybridized carbons (Fsp3) is 0.364. The molecule has 3 rings (SSSR count).